The van der Waals surface area contributed by atoms with Gasteiger partial charge in [-0.2, -0.15) is 0 Å². The predicted molar refractivity (Wildman–Crippen MR) is 102 cm³/mol. The van der Waals surface area contributed by atoms with E-state index in [1.165, 1.54) is 18.5 Å². The van der Waals surface area contributed by atoms with Crippen molar-refractivity contribution < 1.29 is 14.1 Å². The van der Waals surface area contributed by atoms with Gasteiger partial charge in [-0.05, 0) is 19.9 Å². The van der Waals surface area contributed by atoms with Crippen LogP contribution >= 0.6 is 0 Å². The minimum atomic E-state index is -0.662. The summed E-state index contributed by atoms with van der Waals surface area (Å²) in [6.45, 7) is 5.98. The molecule has 0 spiro atoms. The van der Waals surface area contributed by atoms with E-state index in [4.69, 9.17) is 4.42 Å². The Morgan fingerprint density at radius 2 is 1.83 bits per heavy atom. The fourth-order valence-electron chi connectivity index (χ4n) is 3.21. The lowest BCUT2D eigenvalue weighted by atomic mass is 10.2. The topological polar surface area (TPSA) is 123 Å². The maximum absolute atomic E-state index is 12.5. The second-order valence-corrected chi connectivity index (χ2v) is 6.69. The van der Waals surface area contributed by atoms with Crippen LogP contribution in [0.15, 0.2) is 35.3 Å². The van der Waals surface area contributed by atoms with Crippen molar-refractivity contribution in [3.8, 4) is 5.82 Å². The van der Waals surface area contributed by atoms with Crippen LogP contribution in [0.3, 0.4) is 0 Å². The number of aromatic nitrogens is 4. The fourth-order valence-corrected chi connectivity index (χ4v) is 3.21. The molecule has 0 N–H and O–H groups in total. The second-order valence-electron chi connectivity index (χ2n) is 6.69. The van der Waals surface area contributed by atoms with Crippen molar-refractivity contribution in [3.63, 3.8) is 0 Å². The summed E-state index contributed by atoms with van der Waals surface area (Å²) in [6.07, 6.45) is 3.24. The number of rotatable bonds is 4. The van der Waals surface area contributed by atoms with Gasteiger partial charge in [0.05, 0.1) is 11.8 Å². The van der Waals surface area contributed by atoms with E-state index in [9.17, 15) is 14.9 Å². The molecule has 1 aliphatic rings. The molecule has 0 atom stereocenters. The highest BCUT2D eigenvalue weighted by Crippen LogP contribution is 2.21. The van der Waals surface area contributed by atoms with Crippen LogP contribution < -0.4 is 4.90 Å². The summed E-state index contributed by atoms with van der Waals surface area (Å²) in [5.74, 6) is 0.674. The van der Waals surface area contributed by atoms with E-state index in [1.54, 1.807) is 11.2 Å². The summed E-state index contributed by atoms with van der Waals surface area (Å²) in [7, 11) is 0. The summed E-state index contributed by atoms with van der Waals surface area (Å²) < 4.78 is 6.92. The number of amides is 1. The van der Waals surface area contributed by atoms with E-state index in [0.717, 1.165) is 23.0 Å². The van der Waals surface area contributed by atoms with E-state index in [0.29, 0.717) is 26.2 Å². The van der Waals surface area contributed by atoms with E-state index in [2.05, 4.69) is 19.9 Å². The monoisotopic (exact) mass is 397 g/mol. The first-order chi connectivity index (χ1) is 13.9. The Balaban J connectivity index is 1.44. The molecule has 3 aromatic heterocycles. The van der Waals surface area contributed by atoms with Crippen LogP contribution in [0, 0.1) is 24.0 Å². The molecule has 0 radical (unpaired) electrons. The van der Waals surface area contributed by atoms with Gasteiger partial charge in [0.2, 0.25) is 0 Å². The predicted octanol–water partition coefficient (Wildman–Crippen LogP) is 1.74. The molecule has 0 aliphatic carbocycles. The van der Waals surface area contributed by atoms with Gasteiger partial charge in [-0.3, -0.25) is 19.5 Å². The molecule has 4 rings (SSSR count). The number of hydrogen-bond acceptors (Lipinski definition) is 8. The Kier molecular flexibility index (Phi) is 4.71. The molecule has 1 fully saturated rings. The first-order valence-electron chi connectivity index (χ1n) is 9.05. The van der Waals surface area contributed by atoms with Crippen molar-refractivity contribution in [2.24, 2.45) is 0 Å². The van der Waals surface area contributed by atoms with Gasteiger partial charge in [0, 0.05) is 37.9 Å². The maximum atomic E-state index is 12.5. The number of furan rings is 1. The van der Waals surface area contributed by atoms with E-state index in [1.807, 2.05) is 24.5 Å². The Labute approximate surface area is 165 Å². The third-order valence-electron chi connectivity index (χ3n) is 5.01. The van der Waals surface area contributed by atoms with Crippen molar-refractivity contribution in [2.45, 2.75) is 13.8 Å². The Morgan fingerprint density at radius 1 is 1.10 bits per heavy atom. The van der Waals surface area contributed by atoms with Crippen LogP contribution in [0.5, 0.6) is 0 Å². The maximum Gasteiger partial charge on any atom is 0.433 e. The van der Waals surface area contributed by atoms with E-state index < -0.39 is 10.8 Å². The molecule has 0 bridgehead atoms. The minimum Gasteiger partial charge on any atom is -0.395 e. The van der Waals surface area contributed by atoms with Gasteiger partial charge in [0.1, 0.15) is 29.2 Å². The minimum absolute atomic E-state index is 0.0274. The number of piperazine rings is 1. The zero-order valence-corrected chi connectivity index (χ0v) is 16.0. The third-order valence-corrected chi connectivity index (χ3v) is 5.01. The van der Waals surface area contributed by atoms with Gasteiger partial charge < -0.3 is 14.2 Å². The first-order valence-corrected chi connectivity index (χ1v) is 9.05. The third kappa shape index (κ3) is 3.53. The molecule has 150 valence electrons. The molecule has 11 nitrogen and oxygen atoms in total. The summed E-state index contributed by atoms with van der Waals surface area (Å²) in [6, 6.07) is 4.41. The van der Waals surface area contributed by atoms with Gasteiger partial charge in [0.25, 0.3) is 5.91 Å². The van der Waals surface area contributed by atoms with Gasteiger partial charge in [0.15, 0.2) is 5.76 Å². The lowest BCUT2D eigenvalue weighted by Crippen LogP contribution is -2.49. The fraction of sp³-hybridized carbons (Fsp3) is 0.333. The molecule has 3 aromatic rings. The van der Waals surface area contributed by atoms with Crippen LogP contribution in [0.25, 0.3) is 5.82 Å². The summed E-state index contributed by atoms with van der Waals surface area (Å²) in [5.41, 5.74) is 1.95. The highest BCUT2D eigenvalue weighted by molar-refractivity contribution is 5.92. The van der Waals surface area contributed by atoms with Crippen LogP contribution in [0.4, 0.5) is 11.7 Å². The normalized spacial score (nSPS) is 14.3. The van der Waals surface area contributed by atoms with Gasteiger partial charge in [-0.25, -0.2) is 15.0 Å². The van der Waals surface area contributed by atoms with Crippen molar-refractivity contribution in [1.82, 2.24) is 24.4 Å². The highest BCUT2D eigenvalue weighted by Gasteiger charge is 2.26. The molecule has 0 unspecified atom stereocenters. The quantitative estimate of drug-likeness (QED) is 0.482. The van der Waals surface area contributed by atoms with Crippen molar-refractivity contribution >= 4 is 17.6 Å². The number of nitrogens with zero attached hydrogens (tertiary/aromatic N) is 7. The van der Waals surface area contributed by atoms with Crippen LogP contribution in [0.2, 0.25) is 0 Å². The van der Waals surface area contributed by atoms with Crippen molar-refractivity contribution in [3.05, 3.63) is 58.1 Å². The lowest BCUT2D eigenvalue weighted by Gasteiger charge is -2.35. The number of aryl methyl sites for hydroxylation is 1. The number of imidazole rings is 1. The number of carbonyl (C=O) groups is 1. The molecule has 11 heteroatoms. The molecule has 0 saturated carbocycles. The van der Waals surface area contributed by atoms with Gasteiger partial charge >= 0.3 is 5.88 Å². The largest absolute Gasteiger partial charge is 0.433 e. The summed E-state index contributed by atoms with van der Waals surface area (Å²) in [5, 5.41) is 10.7. The first kappa shape index (κ1) is 18.6. The Bertz CT molecular complexity index is 1070. The zero-order chi connectivity index (χ0) is 20.5. The standard InChI is InChI=1S/C18H19N7O4/c1-12-13(2)24(11-21-12)16-9-15(19-10-20-16)22-5-7-23(8-6-22)18(26)14-3-4-17(29-14)25(27)28/h3-4,9-11H,5-8H2,1-2H3. The molecule has 1 saturated heterocycles. The van der Waals surface area contributed by atoms with Gasteiger partial charge in [-0.1, -0.05) is 0 Å². The van der Waals surface area contributed by atoms with Crippen molar-refractivity contribution in [1.29, 1.82) is 0 Å². The Morgan fingerprint density at radius 3 is 2.45 bits per heavy atom. The van der Waals surface area contributed by atoms with Crippen LogP contribution in [-0.2, 0) is 0 Å². The molecule has 4 heterocycles. The smallest absolute Gasteiger partial charge is 0.395 e. The molecular formula is C18H19N7O4. The molecule has 0 aromatic carbocycles. The highest BCUT2D eigenvalue weighted by atomic mass is 16.6. The van der Waals surface area contributed by atoms with Crippen LogP contribution in [0.1, 0.15) is 21.9 Å². The van der Waals surface area contributed by atoms with E-state index >= 15 is 0 Å². The number of nitro groups is 1. The number of carbonyl (C=O) groups excluding carboxylic acids is 1. The van der Waals surface area contributed by atoms with E-state index in [-0.39, 0.29) is 11.7 Å². The van der Waals surface area contributed by atoms with Crippen LogP contribution in [-0.4, -0.2) is 61.4 Å². The molecular weight excluding hydrogens is 378 g/mol. The van der Waals surface area contributed by atoms with Gasteiger partial charge in [-0.15, -0.1) is 0 Å². The zero-order valence-electron chi connectivity index (χ0n) is 16.0. The van der Waals surface area contributed by atoms with Crippen molar-refractivity contribution in [2.75, 3.05) is 31.1 Å². The number of hydrogen-bond donors (Lipinski definition) is 0. The number of anilines is 1. The molecule has 1 aliphatic heterocycles. The second kappa shape index (κ2) is 7.34. The summed E-state index contributed by atoms with van der Waals surface area (Å²) >= 11 is 0. The molecule has 29 heavy (non-hydrogen) atoms. The summed E-state index contributed by atoms with van der Waals surface area (Å²) in [4.78, 5) is 39.3. The SMILES string of the molecule is Cc1ncn(-c2cc(N3CCN(C(=O)c4ccc([N+](=O)[O-])o4)CC3)ncn2)c1C. The molecule has 1 amide bonds. The Hall–Kier alpha value is -3.76. The lowest BCUT2D eigenvalue weighted by molar-refractivity contribution is -0.402. The average Bonchev–Trinajstić information content (AvgIpc) is 3.36. The average molecular weight is 397 g/mol.